The number of rotatable bonds is 4. The summed E-state index contributed by atoms with van der Waals surface area (Å²) in [4.78, 5) is 28.9. The van der Waals surface area contributed by atoms with Gasteiger partial charge in [0, 0.05) is 11.3 Å². The first kappa shape index (κ1) is 22.6. The minimum Gasteiger partial charge on any atom is -0.493 e. The van der Waals surface area contributed by atoms with Crippen LogP contribution in [0.15, 0.2) is 78.9 Å². The molecule has 0 unspecified atom stereocenters. The van der Waals surface area contributed by atoms with Crippen molar-refractivity contribution < 1.29 is 18.7 Å². The molecule has 2 amide bonds. The topological polar surface area (TPSA) is 58.6 Å². The number of carbonyl (C=O) groups excluding carboxylic acids is 2. The summed E-state index contributed by atoms with van der Waals surface area (Å²) >= 11 is 0. The molecule has 1 N–H and O–H groups in total. The molecule has 1 atom stereocenters. The van der Waals surface area contributed by atoms with Crippen LogP contribution in [0.5, 0.6) is 5.75 Å². The number of hydrogen-bond donors (Lipinski definition) is 1. The molecule has 0 saturated carbocycles. The lowest BCUT2D eigenvalue weighted by Crippen LogP contribution is -2.39. The Bertz CT molecular complexity index is 1430. The molecule has 1 aliphatic heterocycles. The smallest absolute Gasteiger partial charge is 0.259 e. The van der Waals surface area contributed by atoms with Crippen LogP contribution in [0.1, 0.15) is 40.0 Å². The van der Waals surface area contributed by atoms with Crippen molar-refractivity contribution in [3.8, 4) is 5.75 Å². The maximum Gasteiger partial charge on any atom is 0.259 e. The summed E-state index contributed by atoms with van der Waals surface area (Å²) in [6, 6.07) is 22.5. The standard InChI is InChI=1S/C29H25FN2O3/c1-3-35-25-15-11-19-6-4-5-7-22(19)27(25)29(34)32-17-26(33)31-24-14-8-18(2)16-23(24)28(32)20-9-12-21(30)13-10-20/h4-16,28H,3,17H2,1-2H3,(H,31,33)/t28-/m1/s1. The van der Waals surface area contributed by atoms with Crippen molar-refractivity contribution in [3.05, 3.63) is 107 Å². The Morgan fingerprint density at radius 2 is 1.83 bits per heavy atom. The average Bonchev–Trinajstić information content (AvgIpc) is 3.00. The van der Waals surface area contributed by atoms with Gasteiger partial charge in [-0.1, -0.05) is 60.2 Å². The van der Waals surface area contributed by atoms with Crippen LogP contribution in [0.3, 0.4) is 0 Å². The zero-order valence-electron chi connectivity index (χ0n) is 19.5. The average molecular weight is 469 g/mol. The van der Waals surface area contributed by atoms with Crippen molar-refractivity contribution in [1.29, 1.82) is 0 Å². The van der Waals surface area contributed by atoms with Crippen LogP contribution < -0.4 is 10.1 Å². The minimum absolute atomic E-state index is 0.163. The first-order valence-corrected chi connectivity index (χ1v) is 11.6. The molecule has 4 aromatic rings. The van der Waals surface area contributed by atoms with E-state index in [1.807, 2.05) is 62.4 Å². The molecule has 0 bridgehead atoms. The number of nitrogens with one attached hydrogen (secondary N) is 1. The van der Waals surface area contributed by atoms with Crippen LogP contribution in [0, 0.1) is 12.7 Å². The van der Waals surface area contributed by atoms with Crippen molar-refractivity contribution in [3.63, 3.8) is 0 Å². The quantitative estimate of drug-likeness (QED) is 0.408. The molecule has 1 heterocycles. The Kier molecular flexibility index (Phi) is 5.95. The van der Waals surface area contributed by atoms with E-state index in [9.17, 15) is 14.0 Å². The monoisotopic (exact) mass is 468 g/mol. The summed E-state index contributed by atoms with van der Waals surface area (Å²) in [6.07, 6.45) is 0. The Labute approximate surface area is 203 Å². The molecule has 5 nitrogen and oxygen atoms in total. The second-order valence-corrected chi connectivity index (χ2v) is 8.62. The van der Waals surface area contributed by atoms with Crippen molar-refractivity contribution in [2.75, 3.05) is 18.5 Å². The van der Waals surface area contributed by atoms with Crippen LogP contribution in [-0.2, 0) is 4.79 Å². The third kappa shape index (κ3) is 4.23. The number of anilines is 1. The third-order valence-corrected chi connectivity index (χ3v) is 6.25. The fraction of sp³-hybridized carbons (Fsp3) is 0.172. The van der Waals surface area contributed by atoms with Gasteiger partial charge in [0.05, 0.1) is 18.2 Å². The van der Waals surface area contributed by atoms with E-state index in [0.717, 1.165) is 21.9 Å². The molecule has 1 aliphatic rings. The van der Waals surface area contributed by atoms with E-state index in [2.05, 4.69) is 5.32 Å². The lowest BCUT2D eigenvalue weighted by Gasteiger charge is -2.31. The van der Waals surface area contributed by atoms with Crippen LogP contribution in [-0.4, -0.2) is 29.9 Å². The number of nitrogens with zero attached hydrogens (tertiary/aromatic N) is 1. The van der Waals surface area contributed by atoms with E-state index in [-0.39, 0.29) is 24.2 Å². The first-order chi connectivity index (χ1) is 17.0. The molecule has 0 saturated heterocycles. The van der Waals surface area contributed by atoms with E-state index in [4.69, 9.17) is 4.74 Å². The molecular formula is C29H25FN2O3. The number of amides is 2. The van der Waals surface area contributed by atoms with Gasteiger partial charge in [0.1, 0.15) is 18.1 Å². The summed E-state index contributed by atoms with van der Waals surface area (Å²) < 4.78 is 19.7. The largest absolute Gasteiger partial charge is 0.493 e. The summed E-state index contributed by atoms with van der Waals surface area (Å²) in [7, 11) is 0. The van der Waals surface area contributed by atoms with Crippen molar-refractivity contribution >= 4 is 28.3 Å². The van der Waals surface area contributed by atoms with E-state index in [1.54, 1.807) is 23.1 Å². The lowest BCUT2D eigenvalue weighted by atomic mass is 9.93. The molecule has 0 aromatic heterocycles. The van der Waals surface area contributed by atoms with Crippen molar-refractivity contribution in [2.24, 2.45) is 0 Å². The first-order valence-electron chi connectivity index (χ1n) is 11.6. The molecule has 176 valence electrons. The molecule has 6 heteroatoms. The van der Waals surface area contributed by atoms with Gasteiger partial charge in [0.25, 0.3) is 5.91 Å². The minimum atomic E-state index is -0.606. The Morgan fingerprint density at radius 3 is 2.60 bits per heavy atom. The molecule has 0 aliphatic carbocycles. The number of halogens is 1. The van der Waals surface area contributed by atoms with Crippen LogP contribution >= 0.6 is 0 Å². The Balaban J connectivity index is 1.74. The van der Waals surface area contributed by atoms with Gasteiger partial charge in [0.15, 0.2) is 0 Å². The summed E-state index contributed by atoms with van der Waals surface area (Å²) in [5.74, 6) is -0.537. The summed E-state index contributed by atoms with van der Waals surface area (Å²) in [6.45, 7) is 4.05. The van der Waals surface area contributed by atoms with Gasteiger partial charge in [-0.25, -0.2) is 4.39 Å². The Morgan fingerprint density at radius 1 is 1.06 bits per heavy atom. The van der Waals surface area contributed by atoms with E-state index < -0.39 is 6.04 Å². The highest BCUT2D eigenvalue weighted by Gasteiger charge is 2.35. The molecule has 0 fully saturated rings. The van der Waals surface area contributed by atoms with E-state index in [0.29, 0.717) is 29.2 Å². The van der Waals surface area contributed by atoms with Crippen molar-refractivity contribution in [2.45, 2.75) is 19.9 Å². The lowest BCUT2D eigenvalue weighted by molar-refractivity contribution is -0.117. The molecule has 4 aromatic carbocycles. The number of aryl methyl sites for hydroxylation is 1. The van der Waals surface area contributed by atoms with Crippen LogP contribution in [0.2, 0.25) is 0 Å². The zero-order chi connectivity index (χ0) is 24.5. The number of ether oxygens (including phenoxy) is 1. The zero-order valence-corrected chi connectivity index (χ0v) is 19.5. The second-order valence-electron chi connectivity index (χ2n) is 8.62. The van der Waals surface area contributed by atoms with Gasteiger partial charge in [-0.3, -0.25) is 9.59 Å². The summed E-state index contributed by atoms with van der Waals surface area (Å²) in [5, 5.41) is 4.58. The molecule has 0 spiro atoms. The number of carbonyl (C=O) groups is 2. The number of benzene rings is 4. The molecule has 5 rings (SSSR count). The normalized spacial score (nSPS) is 15.3. The fourth-order valence-electron chi connectivity index (χ4n) is 4.71. The van der Waals surface area contributed by atoms with Crippen LogP contribution in [0.25, 0.3) is 10.8 Å². The van der Waals surface area contributed by atoms with Crippen molar-refractivity contribution in [1.82, 2.24) is 4.90 Å². The molecule has 0 radical (unpaired) electrons. The highest BCUT2D eigenvalue weighted by Crippen LogP contribution is 2.39. The molecular weight excluding hydrogens is 443 g/mol. The predicted molar refractivity (Wildman–Crippen MR) is 134 cm³/mol. The number of fused-ring (bicyclic) bond motifs is 2. The molecule has 35 heavy (non-hydrogen) atoms. The van der Waals surface area contributed by atoms with Gasteiger partial charge < -0.3 is 15.0 Å². The predicted octanol–water partition coefficient (Wildman–Crippen LogP) is 5.87. The Hall–Kier alpha value is -4.19. The SMILES string of the molecule is CCOc1ccc2ccccc2c1C(=O)N1CC(=O)Nc2ccc(C)cc2[C@H]1c1ccc(F)cc1. The van der Waals surface area contributed by atoms with Gasteiger partial charge in [-0.05, 0) is 54.4 Å². The van der Waals surface area contributed by atoms with Gasteiger partial charge >= 0.3 is 0 Å². The van der Waals surface area contributed by atoms with E-state index >= 15 is 0 Å². The van der Waals surface area contributed by atoms with Gasteiger partial charge in [-0.2, -0.15) is 0 Å². The highest BCUT2D eigenvalue weighted by molar-refractivity contribution is 6.11. The second kappa shape index (κ2) is 9.22. The van der Waals surface area contributed by atoms with Gasteiger partial charge in [0.2, 0.25) is 5.91 Å². The van der Waals surface area contributed by atoms with Crippen LogP contribution in [0.4, 0.5) is 10.1 Å². The maximum absolute atomic E-state index is 14.3. The maximum atomic E-state index is 14.3. The number of hydrogen-bond acceptors (Lipinski definition) is 3. The highest BCUT2D eigenvalue weighted by atomic mass is 19.1. The third-order valence-electron chi connectivity index (χ3n) is 6.25. The van der Waals surface area contributed by atoms with Gasteiger partial charge in [-0.15, -0.1) is 0 Å². The van der Waals surface area contributed by atoms with E-state index in [1.165, 1.54) is 12.1 Å². The summed E-state index contributed by atoms with van der Waals surface area (Å²) in [5.41, 5.74) is 3.50. The fourth-order valence-corrected chi connectivity index (χ4v) is 4.71.